The van der Waals surface area contributed by atoms with Gasteiger partial charge >= 0.3 is 6.18 Å². The van der Waals surface area contributed by atoms with Crippen LogP contribution in [0.15, 0.2) is 34.8 Å². The first-order chi connectivity index (χ1) is 8.79. The maximum Gasteiger partial charge on any atom is 0.417 e. The Kier molecular flexibility index (Phi) is 3.67. The Morgan fingerprint density at radius 2 is 1.95 bits per heavy atom. The number of rotatable bonds is 1. The van der Waals surface area contributed by atoms with Crippen LogP contribution in [0.25, 0.3) is 0 Å². The number of allylic oxidation sites excluding steroid dienone is 1. The summed E-state index contributed by atoms with van der Waals surface area (Å²) in [7, 11) is 0. The van der Waals surface area contributed by atoms with Crippen LogP contribution >= 0.6 is 11.6 Å². The molecule has 0 spiro atoms. The van der Waals surface area contributed by atoms with Crippen LogP contribution in [-0.2, 0) is 0 Å². The predicted octanol–water partition coefficient (Wildman–Crippen LogP) is 4.36. The van der Waals surface area contributed by atoms with Crippen molar-refractivity contribution in [3.05, 3.63) is 46.8 Å². The molecule has 1 aromatic carbocycles. The van der Waals surface area contributed by atoms with Crippen LogP contribution in [0.4, 0.5) is 17.6 Å². The third-order valence-corrected chi connectivity index (χ3v) is 3.23. The fraction of sp³-hybridized carbons (Fsp3) is 0.308. The molecule has 0 N–H and O–H groups in total. The largest absolute Gasteiger partial charge is 0.417 e. The van der Waals surface area contributed by atoms with Crippen LogP contribution in [0, 0.1) is 12.7 Å². The minimum absolute atomic E-state index is 0.374. The number of aliphatic imine (C=N–C) groups is 1. The van der Waals surface area contributed by atoms with Gasteiger partial charge in [-0.2, -0.15) is 13.2 Å². The van der Waals surface area contributed by atoms with Gasteiger partial charge in [-0.25, -0.2) is 4.39 Å². The van der Waals surface area contributed by atoms with Gasteiger partial charge in [0, 0.05) is 6.21 Å². The monoisotopic (exact) mass is 291 g/mol. The molecule has 0 bridgehead atoms. The zero-order chi connectivity index (χ0) is 14.2. The van der Waals surface area contributed by atoms with Crippen LogP contribution in [0.1, 0.15) is 17.2 Å². The first-order valence-electron chi connectivity index (χ1n) is 5.51. The van der Waals surface area contributed by atoms with Crippen LogP contribution in [0.3, 0.4) is 0 Å². The molecule has 1 aliphatic rings. The minimum atomic E-state index is -4.46. The highest BCUT2D eigenvalue weighted by Crippen LogP contribution is 2.35. The Labute approximate surface area is 112 Å². The minimum Gasteiger partial charge on any atom is -0.283 e. The second-order valence-corrected chi connectivity index (χ2v) is 4.80. The van der Waals surface area contributed by atoms with Gasteiger partial charge in [0.2, 0.25) is 0 Å². The van der Waals surface area contributed by atoms with E-state index in [2.05, 4.69) is 4.99 Å². The molecule has 0 aliphatic carbocycles. The van der Waals surface area contributed by atoms with E-state index in [1.165, 1.54) is 12.1 Å². The lowest BCUT2D eigenvalue weighted by Crippen LogP contribution is -2.21. The molecule has 1 nitrogen and oxygen atoms in total. The molecule has 1 aliphatic heterocycles. The SMILES string of the molecule is Cc1cc(C2N=CC(C(F)(F)F)=CC2Cl)ccc1F. The van der Waals surface area contributed by atoms with E-state index in [1.807, 2.05) is 0 Å². The summed E-state index contributed by atoms with van der Waals surface area (Å²) in [6.45, 7) is 1.57. The summed E-state index contributed by atoms with van der Waals surface area (Å²) in [5.41, 5.74) is 0.136. The molecule has 0 saturated carbocycles. The van der Waals surface area contributed by atoms with E-state index in [1.54, 1.807) is 13.0 Å². The average molecular weight is 292 g/mol. The van der Waals surface area contributed by atoms with E-state index in [0.717, 1.165) is 12.3 Å². The van der Waals surface area contributed by atoms with Gasteiger partial charge in [0.15, 0.2) is 0 Å². The topological polar surface area (TPSA) is 12.4 Å². The molecule has 102 valence electrons. The van der Waals surface area contributed by atoms with E-state index in [-0.39, 0.29) is 5.82 Å². The van der Waals surface area contributed by atoms with E-state index in [0.29, 0.717) is 11.1 Å². The van der Waals surface area contributed by atoms with Crippen molar-refractivity contribution in [3.8, 4) is 0 Å². The van der Waals surface area contributed by atoms with Crippen LogP contribution in [0.2, 0.25) is 0 Å². The Hall–Kier alpha value is -1.36. The maximum absolute atomic E-state index is 13.1. The van der Waals surface area contributed by atoms with Crippen molar-refractivity contribution in [3.63, 3.8) is 0 Å². The van der Waals surface area contributed by atoms with Gasteiger partial charge in [0.25, 0.3) is 0 Å². The zero-order valence-corrected chi connectivity index (χ0v) is 10.6. The Bertz CT molecular complexity index is 548. The van der Waals surface area contributed by atoms with Gasteiger partial charge in [-0.3, -0.25) is 4.99 Å². The lowest BCUT2D eigenvalue weighted by Gasteiger charge is -2.22. The van der Waals surface area contributed by atoms with Crippen molar-refractivity contribution in [1.29, 1.82) is 0 Å². The number of hydrogen-bond donors (Lipinski definition) is 0. The standard InChI is InChI=1S/C13H10ClF4N/c1-7-4-8(2-3-11(7)15)12-10(14)5-9(6-19-12)13(16,17)18/h2-6,10,12H,1H3. The zero-order valence-electron chi connectivity index (χ0n) is 9.88. The molecule has 1 aromatic rings. The molecule has 2 unspecified atom stereocenters. The lowest BCUT2D eigenvalue weighted by molar-refractivity contribution is -0.0860. The van der Waals surface area contributed by atoms with Gasteiger partial charge in [-0.05, 0) is 24.1 Å². The molecular weight excluding hydrogens is 282 g/mol. The molecule has 1 heterocycles. The molecule has 2 rings (SSSR count). The summed E-state index contributed by atoms with van der Waals surface area (Å²) in [6, 6.07) is 3.64. The van der Waals surface area contributed by atoms with Gasteiger partial charge in [0.1, 0.15) is 5.82 Å². The van der Waals surface area contributed by atoms with Crippen LogP contribution in [0.5, 0.6) is 0 Å². The number of alkyl halides is 4. The molecule has 0 amide bonds. The smallest absolute Gasteiger partial charge is 0.283 e. The number of nitrogens with zero attached hydrogens (tertiary/aromatic N) is 1. The lowest BCUT2D eigenvalue weighted by atomic mass is 9.98. The number of dihydropyridines is 1. The van der Waals surface area contributed by atoms with Gasteiger partial charge in [-0.1, -0.05) is 18.2 Å². The molecule has 6 heteroatoms. The van der Waals surface area contributed by atoms with Crippen molar-refractivity contribution >= 4 is 17.8 Å². The van der Waals surface area contributed by atoms with Gasteiger partial charge < -0.3 is 0 Å². The van der Waals surface area contributed by atoms with E-state index in [4.69, 9.17) is 11.6 Å². The molecule has 2 atom stereocenters. The second kappa shape index (κ2) is 4.96. The van der Waals surface area contributed by atoms with Crippen LogP contribution < -0.4 is 0 Å². The Morgan fingerprint density at radius 3 is 2.47 bits per heavy atom. The van der Waals surface area contributed by atoms with Crippen LogP contribution in [-0.4, -0.2) is 17.8 Å². The highest BCUT2D eigenvalue weighted by molar-refractivity contribution is 6.23. The fourth-order valence-electron chi connectivity index (χ4n) is 1.84. The van der Waals surface area contributed by atoms with E-state index >= 15 is 0 Å². The second-order valence-electron chi connectivity index (χ2n) is 4.30. The summed E-state index contributed by atoms with van der Waals surface area (Å²) < 4.78 is 50.6. The summed E-state index contributed by atoms with van der Waals surface area (Å²) in [4.78, 5) is 3.83. The summed E-state index contributed by atoms with van der Waals surface area (Å²) in [5, 5.41) is -0.911. The van der Waals surface area contributed by atoms with Crippen molar-refractivity contribution in [1.82, 2.24) is 0 Å². The number of hydrogen-bond acceptors (Lipinski definition) is 1. The highest BCUT2D eigenvalue weighted by Gasteiger charge is 2.36. The third kappa shape index (κ3) is 2.97. The molecule has 0 aromatic heterocycles. The number of benzene rings is 1. The van der Waals surface area contributed by atoms with Gasteiger partial charge in [-0.15, -0.1) is 11.6 Å². The van der Waals surface area contributed by atoms with Crippen molar-refractivity contribution < 1.29 is 17.6 Å². The third-order valence-electron chi connectivity index (χ3n) is 2.87. The Morgan fingerprint density at radius 1 is 1.26 bits per heavy atom. The maximum atomic E-state index is 13.1. The normalized spacial score (nSPS) is 23.4. The first kappa shape index (κ1) is 14.1. The predicted molar refractivity (Wildman–Crippen MR) is 66.1 cm³/mol. The molecule has 0 saturated heterocycles. The van der Waals surface area contributed by atoms with E-state index in [9.17, 15) is 17.6 Å². The van der Waals surface area contributed by atoms with Crippen molar-refractivity contribution in [2.45, 2.75) is 24.5 Å². The van der Waals surface area contributed by atoms with Crippen molar-refractivity contribution in [2.75, 3.05) is 0 Å². The van der Waals surface area contributed by atoms with E-state index < -0.39 is 23.2 Å². The van der Waals surface area contributed by atoms with Gasteiger partial charge in [0.05, 0.1) is 17.0 Å². The fourth-order valence-corrected chi connectivity index (χ4v) is 2.18. The average Bonchev–Trinajstić information content (AvgIpc) is 2.31. The molecular formula is C13H10ClF4N. The Balaban J connectivity index is 2.28. The molecule has 0 radical (unpaired) electrons. The first-order valence-corrected chi connectivity index (χ1v) is 5.95. The quantitative estimate of drug-likeness (QED) is 0.539. The van der Waals surface area contributed by atoms with Crippen molar-refractivity contribution in [2.24, 2.45) is 4.99 Å². The number of aryl methyl sites for hydroxylation is 1. The highest BCUT2D eigenvalue weighted by atomic mass is 35.5. The summed E-state index contributed by atoms with van der Waals surface area (Å²) >= 11 is 5.93. The number of halogens is 5. The molecule has 0 fully saturated rings. The summed E-state index contributed by atoms with van der Waals surface area (Å²) in [6.07, 6.45) is -2.76. The summed E-state index contributed by atoms with van der Waals surface area (Å²) in [5.74, 6) is -0.374. The molecule has 19 heavy (non-hydrogen) atoms.